The lowest BCUT2D eigenvalue weighted by atomic mass is 10.5. The summed E-state index contributed by atoms with van der Waals surface area (Å²) in [7, 11) is 0. The summed E-state index contributed by atoms with van der Waals surface area (Å²) in [5, 5.41) is 0. The van der Waals surface area contributed by atoms with Crippen LogP contribution in [0.25, 0.3) is 0 Å². The van der Waals surface area contributed by atoms with Gasteiger partial charge in [-0.3, -0.25) is 0 Å². The largest absolute Gasteiger partial charge is 0.379 e. The Kier molecular flexibility index (Phi) is 11.8. The van der Waals surface area contributed by atoms with Gasteiger partial charge < -0.3 is 14.2 Å². The van der Waals surface area contributed by atoms with Crippen molar-refractivity contribution >= 4 is 0 Å². The predicted octanol–water partition coefficient (Wildman–Crippen LogP) is 1.48. The van der Waals surface area contributed by atoms with Gasteiger partial charge in [0.1, 0.15) is 0 Å². The number of hydrogen-bond acceptors (Lipinski definition) is 3. The summed E-state index contributed by atoms with van der Waals surface area (Å²) < 4.78 is 15.6. The third-order valence-corrected chi connectivity index (χ3v) is 1.32. The van der Waals surface area contributed by atoms with E-state index in [1.807, 2.05) is 0 Å². The van der Waals surface area contributed by atoms with Crippen molar-refractivity contribution < 1.29 is 14.2 Å². The molecule has 0 aliphatic rings. The van der Waals surface area contributed by atoms with Crippen LogP contribution < -0.4 is 0 Å². The fraction of sp³-hybridized carbons (Fsp3) is 0.800. The average Bonchev–Trinajstić information content (AvgIpc) is 2.16. The molecule has 0 amide bonds. The lowest BCUT2D eigenvalue weighted by molar-refractivity contribution is 0.0161. The second kappa shape index (κ2) is 11.9. The Bertz CT molecular complexity index is 76.2. The molecular weight excluding hydrogens is 168 g/mol. The molecule has 0 aromatic carbocycles. The monoisotopic (exact) mass is 188 g/mol. The zero-order chi connectivity index (χ0) is 9.78. The van der Waals surface area contributed by atoms with Crippen molar-refractivity contribution in [3.63, 3.8) is 0 Å². The lowest BCUT2D eigenvalue weighted by Gasteiger charge is -2.05. The fourth-order valence-electron chi connectivity index (χ4n) is 0.746. The van der Waals surface area contributed by atoms with E-state index < -0.39 is 0 Å². The molecule has 3 heteroatoms. The van der Waals surface area contributed by atoms with Gasteiger partial charge in [-0.05, 0) is 12.8 Å². The maximum atomic E-state index is 5.24. The first kappa shape index (κ1) is 12.9. The van der Waals surface area contributed by atoms with Crippen molar-refractivity contribution in [2.24, 2.45) is 0 Å². The molecule has 13 heavy (non-hydrogen) atoms. The minimum atomic E-state index is 0.633. The molecule has 0 atom stereocenters. The minimum absolute atomic E-state index is 0.633. The standard InChI is InChI=1S/C10H20O3/c1-3-5-11-7-9-13-10-8-12-6-4-2/h1-10H2. The molecule has 0 fully saturated rings. The molecule has 0 spiro atoms. The van der Waals surface area contributed by atoms with E-state index in [4.69, 9.17) is 14.2 Å². The molecule has 0 aliphatic heterocycles. The van der Waals surface area contributed by atoms with Crippen molar-refractivity contribution in [1.29, 1.82) is 0 Å². The molecule has 0 aliphatic carbocycles. The van der Waals surface area contributed by atoms with Gasteiger partial charge in [0.05, 0.1) is 26.4 Å². The van der Waals surface area contributed by atoms with Crippen molar-refractivity contribution in [1.82, 2.24) is 0 Å². The Morgan fingerprint density at radius 3 is 1.15 bits per heavy atom. The van der Waals surface area contributed by atoms with Gasteiger partial charge in [0.25, 0.3) is 0 Å². The summed E-state index contributed by atoms with van der Waals surface area (Å²) in [4.78, 5) is 0. The molecule has 0 rings (SSSR count). The third kappa shape index (κ3) is 11.9. The minimum Gasteiger partial charge on any atom is -0.379 e. The van der Waals surface area contributed by atoms with E-state index in [1.165, 1.54) is 0 Å². The van der Waals surface area contributed by atoms with Crippen LogP contribution in [-0.4, -0.2) is 39.6 Å². The number of hydrogen-bond donors (Lipinski definition) is 0. The van der Waals surface area contributed by atoms with Gasteiger partial charge in [0, 0.05) is 13.2 Å². The van der Waals surface area contributed by atoms with Crippen LogP contribution >= 0.6 is 0 Å². The van der Waals surface area contributed by atoms with Gasteiger partial charge in [0.2, 0.25) is 0 Å². The maximum Gasteiger partial charge on any atom is 0.0701 e. The van der Waals surface area contributed by atoms with Crippen LogP contribution in [0.1, 0.15) is 12.8 Å². The second-order valence-electron chi connectivity index (χ2n) is 2.54. The highest BCUT2D eigenvalue weighted by Crippen LogP contribution is 1.83. The van der Waals surface area contributed by atoms with E-state index in [0.717, 1.165) is 12.8 Å². The summed E-state index contributed by atoms with van der Waals surface area (Å²) >= 11 is 0. The van der Waals surface area contributed by atoms with Crippen LogP contribution in [0.4, 0.5) is 0 Å². The SMILES string of the molecule is [CH2]CCOCCOCCOCC[CH2]. The van der Waals surface area contributed by atoms with Crippen molar-refractivity contribution in [2.45, 2.75) is 12.8 Å². The Hall–Kier alpha value is -0.120. The van der Waals surface area contributed by atoms with Crippen LogP contribution in [-0.2, 0) is 14.2 Å². The van der Waals surface area contributed by atoms with Gasteiger partial charge >= 0.3 is 0 Å². The highest BCUT2D eigenvalue weighted by molar-refractivity contribution is 4.38. The zero-order valence-corrected chi connectivity index (χ0v) is 8.30. The van der Waals surface area contributed by atoms with Crippen LogP contribution in [0.5, 0.6) is 0 Å². The molecule has 0 heterocycles. The Morgan fingerprint density at radius 1 is 0.538 bits per heavy atom. The van der Waals surface area contributed by atoms with E-state index in [1.54, 1.807) is 0 Å². The van der Waals surface area contributed by atoms with E-state index in [2.05, 4.69) is 13.8 Å². The van der Waals surface area contributed by atoms with E-state index in [9.17, 15) is 0 Å². The molecule has 0 unspecified atom stereocenters. The van der Waals surface area contributed by atoms with Crippen molar-refractivity contribution in [2.75, 3.05) is 39.6 Å². The Labute approximate surface area is 81.4 Å². The molecule has 0 saturated carbocycles. The van der Waals surface area contributed by atoms with Crippen LogP contribution in [0, 0.1) is 13.8 Å². The van der Waals surface area contributed by atoms with Crippen molar-refractivity contribution in [3.8, 4) is 0 Å². The third-order valence-electron chi connectivity index (χ3n) is 1.32. The fourth-order valence-corrected chi connectivity index (χ4v) is 0.746. The molecule has 0 aromatic rings. The first-order chi connectivity index (χ1) is 6.41. The summed E-state index contributed by atoms with van der Waals surface area (Å²) in [6, 6.07) is 0. The topological polar surface area (TPSA) is 27.7 Å². The Morgan fingerprint density at radius 2 is 0.846 bits per heavy atom. The molecule has 2 radical (unpaired) electrons. The summed E-state index contributed by atoms with van der Waals surface area (Å²) in [5.74, 6) is 0. The van der Waals surface area contributed by atoms with Gasteiger partial charge in [-0.25, -0.2) is 0 Å². The van der Waals surface area contributed by atoms with Crippen molar-refractivity contribution in [3.05, 3.63) is 13.8 Å². The molecular formula is C10H20O3. The Balaban J connectivity index is 2.76. The highest BCUT2D eigenvalue weighted by atomic mass is 16.5. The van der Waals surface area contributed by atoms with E-state index in [0.29, 0.717) is 39.6 Å². The average molecular weight is 188 g/mol. The molecule has 3 nitrogen and oxygen atoms in total. The van der Waals surface area contributed by atoms with Crippen LogP contribution in [0.2, 0.25) is 0 Å². The quantitative estimate of drug-likeness (QED) is 0.486. The maximum absolute atomic E-state index is 5.24. The first-order valence-corrected chi connectivity index (χ1v) is 4.73. The molecule has 0 bridgehead atoms. The first-order valence-electron chi connectivity index (χ1n) is 4.73. The summed E-state index contributed by atoms with van der Waals surface area (Å²) in [6.07, 6.45) is 1.62. The molecule has 0 saturated heterocycles. The summed E-state index contributed by atoms with van der Waals surface area (Å²) in [5.41, 5.74) is 0. The van der Waals surface area contributed by atoms with E-state index >= 15 is 0 Å². The molecule has 0 N–H and O–H groups in total. The number of rotatable bonds is 10. The van der Waals surface area contributed by atoms with Crippen LogP contribution in [0.15, 0.2) is 0 Å². The predicted molar refractivity (Wildman–Crippen MR) is 52.4 cm³/mol. The smallest absolute Gasteiger partial charge is 0.0701 e. The van der Waals surface area contributed by atoms with Gasteiger partial charge in [-0.2, -0.15) is 0 Å². The summed E-state index contributed by atoms with van der Waals surface area (Å²) in [6.45, 7) is 11.3. The number of ether oxygens (including phenoxy) is 3. The highest BCUT2D eigenvalue weighted by Gasteiger charge is 1.89. The lowest BCUT2D eigenvalue weighted by Crippen LogP contribution is -2.09. The second-order valence-corrected chi connectivity index (χ2v) is 2.54. The molecule has 0 aromatic heterocycles. The van der Waals surface area contributed by atoms with Crippen LogP contribution in [0.3, 0.4) is 0 Å². The molecule has 78 valence electrons. The van der Waals surface area contributed by atoms with E-state index in [-0.39, 0.29) is 0 Å². The normalized spacial score (nSPS) is 10.6. The van der Waals surface area contributed by atoms with Gasteiger partial charge in [-0.15, -0.1) is 0 Å². The zero-order valence-electron chi connectivity index (χ0n) is 8.30. The van der Waals surface area contributed by atoms with Gasteiger partial charge in [0.15, 0.2) is 0 Å². The van der Waals surface area contributed by atoms with Gasteiger partial charge in [-0.1, -0.05) is 13.8 Å².